The molecule has 1 unspecified atom stereocenters. The van der Waals surface area contributed by atoms with E-state index in [4.69, 9.17) is 18.0 Å². The highest BCUT2D eigenvalue weighted by Gasteiger charge is 2.18. The van der Waals surface area contributed by atoms with Gasteiger partial charge in [0, 0.05) is 24.0 Å². The van der Waals surface area contributed by atoms with Crippen molar-refractivity contribution in [3.8, 4) is 0 Å². The predicted octanol–water partition coefficient (Wildman–Crippen LogP) is 1.42. The third-order valence-electron chi connectivity index (χ3n) is 2.37. The Hall–Kier alpha value is -1.01. The molecular formula is C11H17N3OS2. The van der Waals surface area contributed by atoms with Crippen LogP contribution < -0.4 is 11.1 Å². The number of amides is 1. The average molecular weight is 271 g/mol. The van der Waals surface area contributed by atoms with Crippen molar-refractivity contribution >= 4 is 34.5 Å². The predicted molar refractivity (Wildman–Crippen MR) is 74.1 cm³/mol. The number of hydrogen-bond acceptors (Lipinski definition) is 4. The van der Waals surface area contributed by atoms with Crippen LogP contribution in [0.1, 0.15) is 24.0 Å². The monoisotopic (exact) mass is 271 g/mol. The van der Waals surface area contributed by atoms with Crippen LogP contribution in [-0.4, -0.2) is 22.4 Å². The van der Waals surface area contributed by atoms with Crippen LogP contribution in [-0.2, 0) is 11.2 Å². The van der Waals surface area contributed by atoms with E-state index in [2.05, 4.69) is 10.3 Å². The topological polar surface area (TPSA) is 68.0 Å². The number of aromatic nitrogens is 1. The minimum Gasteiger partial charge on any atom is -0.393 e. The number of carbonyl (C=O) groups excluding carboxylic acids is 1. The van der Waals surface area contributed by atoms with Crippen LogP contribution in [0.25, 0.3) is 0 Å². The van der Waals surface area contributed by atoms with E-state index >= 15 is 0 Å². The Morgan fingerprint density at radius 1 is 1.71 bits per heavy atom. The molecule has 1 aromatic heterocycles. The molecule has 0 spiro atoms. The van der Waals surface area contributed by atoms with Crippen molar-refractivity contribution < 1.29 is 4.79 Å². The van der Waals surface area contributed by atoms with Crippen molar-refractivity contribution in [2.75, 3.05) is 6.54 Å². The molecule has 0 aliphatic heterocycles. The van der Waals surface area contributed by atoms with Gasteiger partial charge in [0.15, 0.2) is 0 Å². The molecular weight excluding hydrogens is 254 g/mol. The number of thiocarbonyl (C=S) groups is 1. The van der Waals surface area contributed by atoms with Gasteiger partial charge in [-0.15, -0.1) is 11.3 Å². The lowest BCUT2D eigenvalue weighted by Gasteiger charge is -2.12. The first-order valence-electron chi connectivity index (χ1n) is 5.52. The number of carbonyl (C=O) groups is 1. The van der Waals surface area contributed by atoms with Gasteiger partial charge in [-0.2, -0.15) is 0 Å². The lowest BCUT2D eigenvalue weighted by atomic mass is 10.1. The van der Waals surface area contributed by atoms with Gasteiger partial charge >= 0.3 is 0 Å². The molecule has 0 saturated heterocycles. The molecule has 6 heteroatoms. The van der Waals surface area contributed by atoms with E-state index in [0.29, 0.717) is 13.0 Å². The van der Waals surface area contributed by atoms with Crippen LogP contribution in [0.5, 0.6) is 0 Å². The van der Waals surface area contributed by atoms with Crippen LogP contribution in [0.15, 0.2) is 5.38 Å². The van der Waals surface area contributed by atoms with Gasteiger partial charge in [-0.3, -0.25) is 4.79 Å². The molecule has 0 fully saturated rings. The fraction of sp³-hybridized carbons (Fsp3) is 0.545. The van der Waals surface area contributed by atoms with Crippen molar-refractivity contribution in [3.05, 3.63) is 16.1 Å². The fourth-order valence-electron chi connectivity index (χ4n) is 1.45. The Kier molecular flexibility index (Phi) is 5.50. The normalized spacial score (nSPS) is 12.1. The van der Waals surface area contributed by atoms with Crippen molar-refractivity contribution in [3.63, 3.8) is 0 Å². The molecule has 17 heavy (non-hydrogen) atoms. The quantitative estimate of drug-likeness (QED) is 0.768. The molecule has 0 aromatic carbocycles. The first-order chi connectivity index (χ1) is 8.04. The lowest BCUT2D eigenvalue weighted by molar-refractivity contribution is -0.123. The summed E-state index contributed by atoms with van der Waals surface area (Å²) < 4.78 is 0. The highest BCUT2D eigenvalue weighted by Crippen LogP contribution is 2.09. The van der Waals surface area contributed by atoms with Gasteiger partial charge in [-0.05, 0) is 13.3 Å². The maximum Gasteiger partial charge on any atom is 0.229 e. The summed E-state index contributed by atoms with van der Waals surface area (Å²) in [5.74, 6) is -0.448. The molecule has 0 aliphatic carbocycles. The van der Waals surface area contributed by atoms with E-state index in [1.165, 1.54) is 0 Å². The van der Waals surface area contributed by atoms with Crippen LogP contribution in [0, 0.1) is 12.8 Å². The molecule has 0 bridgehead atoms. The van der Waals surface area contributed by atoms with Crippen LogP contribution >= 0.6 is 23.6 Å². The molecule has 4 nitrogen and oxygen atoms in total. The van der Waals surface area contributed by atoms with Gasteiger partial charge in [-0.1, -0.05) is 19.1 Å². The zero-order valence-corrected chi connectivity index (χ0v) is 11.7. The van der Waals surface area contributed by atoms with Crippen LogP contribution in [0.3, 0.4) is 0 Å². The Morgan fingerprint density at radius 2 is 2.41 bits per heavy atom. The van der Waals surface area contributed by atoms with Crippen LogP contribution in [0.2, 0.25) is 0 Å². The summed E-state index contributed by atoms with van der Waals surface area (Å²) in [4.78, 5) is 16.3. The number of hydrogen-bond donors (Lipinski definition) is 2. The molecule has 94 valence electrons. The van der Waals surface area contributed by atoms with Gasteiger partial charge in [0.2, 0.25) is 5.91 Å². The molecule has 3 N–H and O–H groups in total. The minimum absolute atomic E-state index is 0.0896. The summed E-state index contributed by atoms with van der Waals surface area (Å²) in [6.45, 7) is 4.43. The zero-order valence-electron chi connectivity index (χ0n) is 10.0. The molecule has 1 heterocycles. The minimum atomic E-state index is -0.358. The Bertz CT molecular complexity index is 403. The maximum absolute atomic E-state index is 11.7. The second kappa shape index (κ2) is 6.66. The summed E-state index contributed by atoms with van der Waals surface area (Å²) in [5, 5.41) is 5.87. The summed E-state index contributed by atoms with van der Waals surface area (Å²) in [7, 11) is 0. The maximum atomic E-state index is 11.7. The smallest absolute Gasteiger partial charge is 0.229 e. The van der Waals surface area contributed by atoms with E-state index in [1.807, 2.05) is 19.2 Å². The largest absolute Gasteiger partial charge is 0.393 e. The highest BCUT2D eigenvalue weighted by molar-refractivity contribution is 7.80. The Balaban J connectivity index is 2.35. The van der Waals surface area contributed by atoms with Crippen molar-refractivity contribution in [2.45, 2.75) is 26.7 Å². The SMILES string of the molecule is CCC(C(=O)NCCc1nc(C)cs1)C(N)=S. The van der Waals surface area contributed by atoms with Gasteiger partial charge in [0.25, 0.3) is 0 Å². The summed E-state index contributed by atoms with van der Waals surface area (Å²) in [5.41, 5.74) is 6.51. The van der Waals surface area contributed by atoms with E-state index in [-0.39, 0.29) is 16.8 Å². The third-order valence-corrected chi connectivity index (χ3v) is 3.68. The van der Waals surface area contributed by atoms with Gasteiger partial charge in [0.1, 0.15) is 0 Å². The van der Waals surface area contributed by atoms with Gasteiger partial charge in [-0.25, -0.2) is 4.98 Å². The Morgan fingerprint density at radius 3 is 2.88 bits per heavy atom. The number of nitrogens with two attached hydrogens (primary N) is 1. The second-order valence-corrected chi connectivity index (χ2v) is 5.20. The van der Waals surface area contributed by atoms with Crippen molar-refractivity contribution in [2.24, 2.45) is 11.7 Å². The number of rotatable bonds is 6. The molecule has 1 amide bonds. The molecule has 1 rings (SSSR count). The number of nitrogens with zero attached hydrogens (tertiary/aromatic N) is 1. The lowest BCUT2D eigenvalue weighted by Crippen LogP contribution is -2.38. The number of thiazole rings is 1. The highest BCUT2D eigenvalue weighted by atomic mass is 32.1. The number of aryl methyl sites for hydroxylation is 1. The van der Waals surface area contributed by atoms with Gasteiger partial charge in [0.05, 0.1) is 15.9 Å². The average Bonchev–Trinajstić information content (AvgIpc) is 2.64. The Labute approximate surface area is 111 Å². The molecule has 0 aliphatic rings. The first kappa shape index (κ1) is 14.1. The summed E-state index contributed by atoms with van der Waals surface area (Å²) >= 11 is 6.46. The van der Waals surface area contributed by atoms with E-state index < -0.39 is 0 Å². The van der Waals surface area contributed by atoms with E-state index in [1.54, 1.807) is 11.3 Å². The first-order valence-corrected chi connectivity index (χ1v) is 6.81. The third kappa shape index (κ3) is 4.40. The molecule has 1 aromatic rings. The van der Waals surface area contributed by atoms with E-state index in [0.717, 1.165) is 17.1 Å². The molecule has 0 radical (unpaired) electrons. The van der Waals surface area contributed by atoms with Crippen molar-refractivity contribution in [1.82, 2.24) is 10.3 Å². The zero-order chi connectivity index (χ0) is 12.8. The molecule has 0 saturated carbocycles. The summed E-state index contributed by atoms with van der Waals surface area (Å²) in [6.07, 6.45) is 1.38. The van der Waals surface area contributed by atoms with Crippen LogP contribution in [0.4, 0.5) is 0 Å². The number of nitrogens with one attached hydrogen (secondary N) is 1. The fourth-order valence-corrected chi connectivity index (χ4v) is 2.50. The second-order valence-electron chi connectivity index (χ2n) is 3.79. The van der Waals surface area contributed by atoms with Gasteiger partial charge < -0.3 is 11.1 Å². The van der Waals surface area contributed by atoms with Crippen molar-refractivity contribution in [1.29, 1.82) is 0 Å². The summed E-state index contributed by atoms with van der Waals surface area (Å²) in [6, 6.07) is 0. The van der Waals surface area contributed by atoms with E-state index in [9.17, 15) is 4.79 Å². The molecule has 1 atom stereocenters. The standard InChI is InChI=1S/C11H17N3OS2/c1-3-8(10(12)16)11(15)13-5-4-9-14-7(2)6-17-9/h6,8H,3-5H2,1-2H3,(H2,12,16)(H,13,15).